The second-order valence-corrected chi connectivity index (χ2v) is 5.14. The van der Waals surface area contributed by atoms with Gasteiger partial charge in [-0.05, 0) is 12.8 Å². The Morgan fingerprint density at radius 2 is 1.62 bits per heavy atom. The Labute approximate surface area is 124 Å². The van der Waals surface area contributed by atoms with Crippen LogP contribution in [-0.4, -0.2) is 65.2 Å². The fourth-order valence-corrected chi connectivity index (χ4v) is 1.92. The van der Waals surface area contributed by atoms with E-state index in [9.17, 15) is 20.1 Å². The molecule has 5 atom stereocenters. The van der Waals surface area contributed by atoms with Crippen LogP contribution in [0.2, 0.25) is 0 Å². The first-order chi connectivity index (χ1) is 10.0. The molecule has 7 nitrogen and oxygen atoms in total. The molecule has 0 aliphatic carbocycles. The van der Waals surface area contributed by atoms with Crippen LogP contribution in [0, 0.1) is 0 Å². The number of aliphatic hydroxyl groups is 3. The van der Waals surface area contributed by atoms with Gasteiger partial charge in [0.15, 0.2) is 12.4 Å². The van der Waals surface area contributed by atoms with Gasteiger partial charge < -0.3 is 29.5 Å². The molecule has 1 heterocycles. The molecule has 0 aromatic carbocycles. The zero-order chi connectivity index (χ0) is 15.8. The van der Waals surface area contributed by atoms with Gasteiger partial charge in [-0.1, -0.05) is 26.7 Å². The lowest BCUT2D eigenvalue weighted by molar-refractivity contribution is -0.295. The summed E-state index contributed by atoms with van der Waals surface area (Å²) in [6.07, 6.45) is -3.74. The van der Waals surface area contributed by atoms with Crippen molar-refractivity contribution in [2.75, 3.05) is 13.2 Å². The van der Waals surface area contributed by atoms with E-state index in [1.54, 1.807) is 0 Å². The molecule has 1 rings (SSSR count). The lowest BCUT2D eigenvalue weighted by Gasteiger charge is -2.39. The van der Waals surface area contributed by atoms with Gasteiger partial charge in [-0.3, -0.25) is 0 Å². The van der Waals surface area contributed by atoms with Crippen LogP contribution in [0.3, 0.4) is 0 Å². The Kier molecular flexibility index (Phi) is 8.13. The molecule has 21 heavy (non-hydrogen) atoms. The third kappa shape index (κ3) is 5.19. The number of hydrogen-bond donors (Lipinski definition) is 3. The minimum absolute atomic E-state index is 0.224. The van der Waals surface area contributed by atoms with E-state index in [0.717, 1.165) is 19.3 Å². The van der Waals surface area contributed by atoms with Crippen LogP contribution < -0.4 is 0 Å². The van der Waals surface area contributed by atoms with Crippen molar-refractivity contribution in [2.24, 2.45) is 0 Å². The molecule has 7 heteroatoms. The second kappa shape index (κ2) is 9.32. The predicted molar refractivity (Wildman–Crippen MR) is 73.4 cm³/mol. The van der Waals surface area contributed by atoms with Crippen LogP contribution in [0.1, 0.15) is 39.5 Å². The Morgan fingerprint density at radius 3 is 2.24 bits per heavy atom. The van der Waals surface area contributed by atoms with Gasteiger partial charge in [0.2, 0.25) is 0 Å². The first-order valence-electron chi connectivity index (χ1n) is 7.50. The maximum Gasteiger partial charge on any atom is 0.338 e. The number of unbranched alkanes of at least 4 members (excludes halogenated alkanes) is 2. The molecule has 124 valence electrons. The lowest BCUT2D eigenvalue weighted by atomic mass is 9.99. The van der Waals surface area contributed by atoms with E-state index >= 15 is 0 Å². The van der Waals surface area contributed by atoms with Crippen molar-refractivity contribution in [1.82, 2.24) is 0 Å². The largest absolute Gasteiger partial charge is 0.464 e. The summed E-state index contributed by atoms with van der Waals surface area (Å²) in [4.78, 5) is 11.9. The quantitative estimate of drug-likeness (QED) is 0.426. The molecule has 0 unspecified atom stereocenters. The molecule has 0 spiro atoms. The van der Waals surface area contributed by atoms with Gasteiger partial charge in [0.25, 0.3) is 0 Å². The van der Waals surface area contributed by atoms with Crippen molar-refractivity contribution in [3.63, 3.8) is 0 Å². The van der Waals surface area contributed by atoms with Gasteiger partial charge in [-0.2, -0.15) is 0 Å². The maximum absolute atomic E-state index is 11.9. The summed E-state index contributed by atoms with van der Waals surface area (Å²) in [6, 6.07) is 0. The minimum atomic E-state index is -1.54. The third-order valence-corrected chi connectivity index (χ3v) is 3.32. The molecule has 1 saturated heterocycles. The number of aliphatic hydroxyl groups excluding tert-OH is 3. The van der Waals surface area contributed by atoms with Gasteiger partial charge in [-0.15, -0.1) is 0 Å². The van der Waals surface area contributed by atoms with Gasteiger partial charge in [-0.25, -0.2) is 4.79 Å². The van der Waals surface area contributed by atoms with E-state index in [4.69, 9.17) is 14.2 Å². The Balaban J connectivity index is 2.59. The molecular formula is C14H26O7. The standard InChI is InChI=1S/C14H26O7/c1-3-5-7-19-13(18)12-10(16)9(15)11(17)14(21-12)20-8-6-4-2/h9-12,14-17H,3-8H2,1-2H3/t9-,10-,11-,12-,14-/m0/s1. The fourth-order valence-electron chi connectivity index (χ4n) is 1.92. The minimum Gasteiger partial charge on any atom is -0.464 e. The molecule has 0 bridgehead atoms. The topological polar surface area (TPSA) is 105 Å². The number of ether oxygens (including phenoxy) is 3. The van der Waals surface area contributed by atoms with E-state index < -0.39 is 36.7 Å². The first kappa shape index (κ1) is 18.3. The summed E-state index contributed by atoms with van der Waals surface area (Å²) in [7, 11) is 0. The van der Waals surface area contributed by atoms with Gasteiger partial charge in [0.1, 0.15) is 18.3 Å². The number of esters is 1. The predicted octanol–water partition coefficient (Wildman–Crippen LogP) is -0.0460. The fraction of sp³-hybridized carbons (Fsp3) is 0.929. The van der Waals surface area contributed by atoms with Crippen LogP contribution in [0.15, 0.2) is 0 Å². The summed E-state index contributed by atoms with van der Waals surface area (Å²) < 4.78 is 15.6. The molecule has 0 aromatic rings. The Bertz CT molecular complexity index is 310. The SMILES string of the molecule is CCCCOC(=O)[C@H]1O[C@H](OCCCC)[C@@H](O)[C@@H](O)[C@@H]1O. The van der Waals surface area contributed by atoms with Crippen molar-refractivity contribution < 1.29 is 34.3 Å². The number of carbonyl (C=O) groups is 1. The van der Waals surface area contributed by atoms with Gasteiger partial charge in [0, 0.05) is 6.61 Å². The highest BCUT2D eigenvalue weighted by Gasteiger charge is 2.47. The van der Waals surface area contributed by atoms with Crippen LogP contribution in [-0.2, 0) is 19.0 Å². The van der Waals surface area contributed by atoms with Crippen LogP contribution in [0.5, 0.6) is 0 Å². The highest BCUT2D eigenvalue weighted by atomic mass is 16.7. The number of rotatable bonds is 8. The molecule has 0 amide bonds. The third-order valence-electron chi connectivity index (χ3n) is 3.32. The van der Waals surface area contributed by atoms with E-state index in [1.807, 2.05) is 13.8 Å². The van der Waals surface area contributed by atoms with E-state index in [-0.39, 0.29) is 6.61 Å². The second-order valence-electron chi connectivity index (χ2n) is 5.14. The Morgan fingerprint density at radius 1 is 1.00 bits per heavy atom. The molecule has 1 aliphatic rings. The van der Waals surface area contributed by atoms with Crippen molar-refractivity contribution >= 4 is 5.97 Å². The van der Waals surface area contributed by atoms with Crippen molar-refractivity contribution in [2.45, 2.75) is 70.2 Å². The van der Waals surface area contributed by atoms with E-state index in [2.05, 4.69) is 0 Å². The molecular weight excluding hydrogens is 280 g/mol. The summed E-state index contributed by atoms with van der Waals surface area (Å²) in [5.41, 5.74) is 0. The first-order valence-corrected chi connectivity index (χ1v) is 7.50. The smallest absolute Gasteiger partial charge is 0.338 e. The maximum atomic E-state index is 11.9. The molecule has 0 saturated carbocycles. The van der Waals surface area contributed by atoms with Crippen molar-refractivity contribution in [1.29, 1.82) is 0 Å². The molecule has 3 N–H and O–H groups in total. The highest BCUT2D eigenvalue weighted by molar-refractivity contribution is 5.75. The van der Waals surface area contributed by atoms with Crippen molar-refractivity contribution in [3.8, 4) is 0 Å². The lowest BCUT2D eigenvalue weighted by Crippen LogP contribution is -2.60. The van der Waals surface area contributed by atoms with Crippen LogP contribution in [0.4, 0.5) is 0 Å². The molecule has 1 aliphatic heterocycles. The summed E-state index contributed by atoms with van der Waals surface area (Å²) in [5.74, 6) is -0.758. The summed E-state index contributed by atoms with van der Waals surface area (Å²) in [6.45, 7) is 4.49. The average Bonchev–Trinajstić information content (AvgIpc) is 2.47. The Hall–Kier alpha value is -0.730. The summed E-state index contributed by atoms with van der Waals surface area (Å²) >= 11 is 0. The number of carbonyl (C=O) groups excluding carboxylic acids is 1. The average molecular weight is 306 g/mol. The van der Waals surface area contributed by atoms with Crippen LogP contribution >= 0.6 is 0 Å². The molecule has 0 radical (unpaired) electrons. The zero-order valence-electron chi connectivity index (χ0n) is 12.6. The van der Waals surface area contributed by atoms with Gasteiger partial charge in [0.05, 0.1) is 6.61 Å². The molecule has 0 aromatic heterocycles. The van der Waals surface area contributed by atoms with E-state index in [1.165, 1.54) is 0 Å². The molecule has 1 fully saturated rings. The monoisotopic (exact) mass is 306 g/mol. The zero-order valence-corrected chi connectivity index (χ0v) is 12.6. The van der Waals surface area contributed by atoms with Gasteiger partial charge >= 0.3 is 5.97 Å². The van der Waals surface area contributed by atoms with Crippen LogP contribution in [0.25, 0.3) is 0 Å². The van der Waals surface area contributed by atoms with E-state index in [0.29, 0.717) is 13.0 Å². The normalized spacial score (nSPS) is 32.9. The highest BCUT2D eigenvalue weighted by Crippen LogP contribution is 2.23. The number of hydrogen-bond acceptors (Lipinski definition) is 7. The van der Waals surface area contributed by atoms with Crippen molar-refractivity contribution in [3.05, 3.63) is 0 Å². The summed E-state index contributed by atoms with van der Waals surface area (Å²) in [5, 5.41) is 29.4.